The molecular weight excluding hydrogens is 318 g/mol. The van der Waals surface area contributed by atoms with Crippen LogP contribution in [0.25, 0.3) is 11.0 Å². The number of fused-ring (bicyclic) bond motifs is 1. The number of ether oxygens (including phenoxy) is 1. The van der Waals surface area contributed by atoms with Gasteiger partial charge in [0.2, 0.25) is 0 Å². The Morgan fingerprint density at radius 1 is 1.33 bits per heavy atom. The van der Waals surface area contributed by atoms with E-state index in [9.17, 15) is 13.6 Å². The Morgan fingerprint density at radius 2 is 2.12 bits per heavy atom. The van der Waals surface area contributed by atoms with Gasteiger partial charge in [-0.2, -0.15) is 5.10 Å². The van der Waals surface area contributed by atoms with Crippen molar-refractivity contribution < 1.29 is 18.3 Å². The lowest BCUT2D eigenvalue weighted by Crippen LogP contribution is -2.20. The van der Waals surface area contributed by atoms with E-state index in [1.807, 2.05) is 6.92 Å². The summed E-state index contributed by atoms with van der Waals surface area (Å²) < 4.78 is 32.9. The standard InChI is InChI=1S/C16H14F2N4O2/c1-9-12-6-11(7-19-16(12)22(2)21-9)20-15(23)8-24-14-4-3-10(17)5-13(14)18/h3-7H,8H2,1-2H3,(H,20,23). The molecule has 2 aromatic heterocycles. The monoisotopic (exact) mass is 332 g/mol. The Morgan fingerprint density at radius 3 is 2.88 bits per heavy atom. The first kappa shape index (κ1) is 15.9. The first-order valence-electron chi connectivity index (χ1n) is 7.11. The summed E-state index contributed by atoms with van der Waals surface area (Å²) in [5, 5.41) is 7.68. The first-order chi connectivity index (χ1) is 11.4. The van der Waals surface area contributed by atoms with Crippen LogP contribution in [-0.2, 0) is 11.8 Å². The smallest absolute Gasteiger partial charge is 0.262 e. The van der Waals surface area contributed by atoms with E-state index in [1.54, 1.807) is 17.8 Å². The number of amides is 1. The van der Waals surface area contributed by atoms with Crippen molar-refractivity contribution >= 4 is 22.6 Å². The summed E-state index contributed by atoms with van der Waals surface area (Å²) in [6.45, 7) is 1.43. The van der Waals surface area contributed by atoms with E-state index in [1.165, 1.54) is 6.20 Å². The maximum atomic E-state index is 13.4. The van der Waals surface area contributed by atoms with Gasteiger partial charge in [0, 0.05) is 18.5 Å². The molecule has 0 unspecified atom stereocenters. The summed E-state index contributed by atoms with van der Waals surface area (Å²) in [6, 6.07) is 4.63. The van der Waals surface area contributed by atoms with Gasteiger partial charge in [0.25, 0.3) is 5.91 Å². The molecule has 8 heteroatoms. The highest BCUT2D eigenvalue weighted by atomic mass is 19.1. The molecule has 3 aromatic rings. The summed E-state index contributed by atoms with van der Waals surface area (Å²) in [5.41, 5.74) is 1.97. The minimum Gasteiger partial charge on any atom is -0.481 e. The topological polar surface area (TPSA) is 69.0 Å². The number of aryl methyl sites for hydroxylation is 2. The van der Waals surface area contributed by atoms with Crippen molar-refractivity contribution in [3.63, 3.8) is 0 Å². The van der Waals surface area contributed by atoms with Crippen molar-refractivity contribution in [2.75, 3.05) is 11.9 Å². The molecule has 1 amide bonds. The van der Waals surface area contributed by atoms with Crippen LogP contribution in [0.2, 0.25) is 0 Å². The number of carbonyl (C=O) groups excluding carboxylic acids is 1. The lowest BCUT2D eigenvalue weighted by Gasteiger charge is -2.08. The number of pyridine rings is 1. The molecule has 24 heavy (non-hydrogen) atoms. The molecule has 6 nitrogen and oxygen atoms in total. The summed E-state index contributed by atoms with van der Waals surface area (Å²) >= 11 is 0. The molecule has 0 bridgehead atoms. The van der Waals surface area contributed by atoms with Crippen LogP contribution in [0.15, 0.2) is 30.5 Å². The normalized spacial score (nSPS) is 10.8. The quantitative estimate of drug-likeness (QED) is 0.797. The molecule has 0 aliphatic carbocycles. The SMILES string of the molecule is Cc1nn(C)c2ncc(NC(=O)COc3ccc(F)cc3F)cc12. The van der Waals surface area contributed by atoms with E-state index in [0.29, 0.717) is 17.4 Å². The van der Waals surface area contributed by atoms with Crippen molar-refractivity contribution in [2.45, 2.75) is 6.92 Å². The van der Waals surface area contributed by atoms with Crippen LogP contribution in [0.5, 0.6) is 5.75 Å². The largest absolute Gasteiger partial charge is 0.481 e. The van der Waals surface area contributed by atoms with E-state index in [0.717, 1.165) is 23.2 Å². The highest BCUT2D eigenvalue weighted by Crippen LogP contribution is 2.20. The molecule has 124 valence electrons. The molecule has 0 atom stereocenters. The minimum atomic E-state index is -0.864. The molecule has 1 aromatic carbocycles. The second kappa shape index (κ2) is 6.23. The maximum Gasteiger partial charge on any atom is 0.262 e. The predicted molar refractivity (Wildman–Crippen MR) is 83.7 cm³/mol. The van der Waals surface area contributed by atoms with Gasteiger partial charge in [-0.1, -0.05) is 0 Å². The fourth-order valence-corrected chi connectivity index (χ4v) is 2.31. The van der Waals surface area contributed by atoms with Crippen molar-refractivity contribution in [3.05, 3.63) is 47.8 Å². The third kappa shape index (κ3) is 3.17. The van der Waals surface area contributed by atoms with Gasteiger partial charge < -0.3 is 10.1 Å². The van der Waals surface area contributed by atoms with Gasteiger partial charge in [-0.25, -0.2) is 13.8 Å². The van der Waals surface area contributed by atoms with Crippen molar-refractivity contribution in [2.24, 2.45) is 7.05 Å². The summed E-state index contributed by atoms with van der Waals surface area (Å²) in [5.74, 6) is -2.25. The molecular formula is C16H14F2N4O2. The van der Waals surface area contributed by atoms with Crippen LogP contribution in [0, 0.1) is 18.6 Å². The van der Waals surface area contributed by atoms with Gasteiger partial charge in [0.1, 0.15) is 5.82 Å². The highest BCUT2D eigenvalue weighted by molar-refractivity contribution is 5.94. The molecule has 0 spiro atoms. The zero-order valence-electron chi connectivity index (χ0n) is 13.0. The zero-order valence-corrected chi connectivity index (χ0v) is 13.0. The number of hydrogen-bond donors (Lipinski definition) is 1. The second-order valence-electron chi connectivity index (χ2n) is 5.22. The lowest BCUT2D eigenvalue weighted by atomic mass is 10.2. The number of hydrogen-bond acceptors (Lipinski definition) is 4. The van der Waals surface area contributed by atoms with Gasteiger partial charge >= 0.3 is 0 Å². The minimum absolute atomic E-state index is 0.191. The van der Waals surface area contributed by atoms with Crippen molar-refractivity contribution in [1.29, 1.82) is 0 Å². The lowest BCUT2D eigenvalue weighted by molar-refractivity contribution is -0.118. The summed E-state index contributed by atoms with van der Waals surface area (Å²) in [6.07, 6.45) is 1.50. The molecule has 0 saturated heterocycles. The molecule has 2 heterocycles. The number of carbonyl (C=O) groups is 1. The van der Waals surface area contributed by atoms with Gasteiger partial charge in [-0.05, 0) is 25.1 Å². The first-order valence-corrected chi connectivity index (χ1v) is 7.11. The molecule has 0 aliphatic heterocycles. The molecule has 0 fully saturated rings. The van der Waals surface area contributed by atoms with Crippen LogP contribution in [0.4, 0.5) is 14.5 Å². The third-order valence-electron chi connectivity index (χ3n) is 3.40. The fraction of sp³-hybridized carbons (Fsp3) is 0.188. The Bertz CT molecular complexity index is 924. The molecule has 3 rings (SSSR count). The number of anilines is 1. The fourth-order valence-electron chi connectivity index (χ4n) is 2.31. The third-order valence-corrected chi connectivity index (χ3v) is 3.40. The summed E-state index contributed by atoms with van der Waals surface area (Å²) in [4.78, 5) is 16.1. The Labute approximate surface area is 136 Å². The van der Waals surface area contributed by atoms with Crippen LogP contribution in [0.3, 0.4) is 0 Å². The van der Waals surface area contributed by atoms with Crippen molar-refractivity contribution in [1.82, 2.24) is 14.8 Å². The highest BCUT2D eigenvalue weighted by Gasteiger charge is 2.11. The number of nitrogens with zero attached hydrogens (tertiary/aromatic N) is 3. The number of benzene rings is 1. The number of aromatic nitrogens is 3. The van der Waals surface area contributed by atoms with E-state index >= 15 is 0 Å². The molecule has 0 aliphatic rings. The van der Waals surface area contributed by atoms with Gasteiger partial charge in [0.15, 0.2) is 23.8 Å². The Hall–Kier alpha value is -3.03. The van der Waals surface area contributed by atoms with Gasteiger partial charge in [-0.3, -0.25) is 9.48 Å². The van der Waals surface area contributed by atoms with Crippen LogP contribution in [0.1, 0.15) is 5.69 Å². The number of rotatable bonds is 4. The Kier molecular flexibility index (Phi) is 4.11. The van der Waals surface area contributed by atoms with Crippen LogP contribution >= 0.6 is 0 Å². The van der Waals surface area contributed by atoms with E-state index < -0.39 is 24.1 Å². The second-order valence-corrected chi connectivity index (χ2v) is 5.22. The van der Waals surface area contributed by atoms with E-state index in [-0.39, 0.29) is 5.75 Å². The van der Waals surface area contributed by atoms with Crippen LogP contribution in [-0.4, -0.2) is 27.3 Å². The van der Waals surface area contributed by atoms with Crippen LogP contribution < -0.4 is 10.1 Å². The van der Waals surface area contributed by atoms with Crippen molar-refractivity contribution in [3.8, 4) is 5.75 Å². The number of halogens is 2. The van der Waals surface area contributed by atoms with Gasteiger partial charge in [-0.15, -0.1) is 0 Å². The van der Waals surface area contributed by atoms with E-state index in [4.69, 9.17) is 4.74 Å². The molecule has 0 radical (unpaired) electrons. The summed E-state index contributed by atoms with van der Waals surface area (Å²) in [7, 11) is 1.78. The predicted octanol–water partition coefficient (Wildman–Crippen LogP) is 2.57. The average molecular weight is 332 g/mol. The Balaban J connectivity index is 1.67. The molecule has 1 N–H and O–H groups in total. The zero-order chi connectivity index (χ0) is 17.3. The maximum absolute atomic E-state index is 13.4. The average Bonchev–Trinajstić information content (AvgIpc) is 2.81. The molecule has 0 saturated carbocycles. The number of nitrogens with one attached hydrogen (secondary N) is 1. The van der Waals surface area contributed by atoms with Gasteiger partial charge in [0.05, 0.1) is 17.6 Å². The van der Waals surface area contributed by atoms with E-state index in [2.05, 4.69) is 15.4 Å².